The number of ether oxygens (including phenoxy) is 2. The number of rotatable bonds is 2. The van der Waals surface area contributed by atoms with E-state index in [2.05, 4.69) is 36.6 Å². The van der Waals surface area contributed by atoms with Crippen LogP contribution in [0.2, 0.25) is 5.02 Å². The van der Waals surface area contributed by atoms with Crippen molar-refractivity contribution in [2.75, 3.05) is 0 Å². The molecule has 0 saturated carbocycles. The highest BCUT2D eigenvalue weighted by Crippen LogP contribution is 2.51. The van der Waals surface area contributed by atoms with E-state index in [1.165, 1.54) is 6.92 Å². The molecular formula is C22H23ClN2O3S. The summed E-state index contributed by atoms with van der Waals surface area (Å²) in [6, 6.07) is 13.6. The van der Waals surface area contributed by atoms with Gasteiger partial charge in [-0.15, -0.1) is 0 Å². The third-order valence-electron chi connectivity index (χ3n) is 5.33. The predicted molar refractivity (Wildman–Crippen MR) is 116 cm³/mol. The summed E-state index contributed by atoms with van der Waals surface area (Å²) in [5.41, 5.74) is 1.32. The molecule has 0 aromatic heterocycles. The number of fused-ring (bicyclic) bond motifs is 2. The van der Waals surface area contributed by atoms with Gasteiger partial charge in [0.2, 0.25) is 0 Å². The van der Waals surface area contributed by atoms with Gasteiger partial charge in [0.15, 0.2) is 10.9 Å². The average molecular weight is 431 g/mol. The lowest BCUT2D eigenvalue weighted by atomic mass is 9.72. The molecule has 1 saturated heterocycles. The predicted octanol–water partition coefficient (Wildman–Crippen LogP) is 4.63. The van der Waals surface area contributed by atoms with Crippen LogP contribution in [0.25, 0.3) is 0 Å². The lowest BCUT2D eigenvalue weighted by molar-refractivity contribution is -0.131. The summed E-state index contributed by atoms with van der Waals surface area (Å²) < 4.78 is 11.7. The van der Waals surface area contributed by atoms with Gasteiger partial charge in [-0.3, -0.25) is 4.79 Å². The fourth-order valence-corrected chi connectivity index (χ4v) is 5.07. The van der Waals surface area contributed by atoms with Crippen LogP contribution in [0.3, 0.4) is 0 Å². The van der Waals surface area contributed by atoms with Crippen molar-refractivity contribution < 1.29 is 14.3 Å². The second-order valence-electron chi connectivity index (χ2n) is 8.32. The minimum Gasteiger partial charge on any atom is -0.485 e. The summed E-state index contributed by atoms with van der Waals surface area (Å²) in [5.74, 6) is 0.496. The molecule has 0 amide bonds. The van der Waals surface area contributed by atoms with Gasteiger partial charge in [0.25, 0.3) is 0 Å². The van der Waals surface area contributed by atoms with Crippen LogP contribution in [-0.4, -0.2) is 16.6 Å². The van der Waals surface area contributed by atoms with Crippen LogP contribution in [0.5, 0.6) is 11.5 Å². The van der Waals surface area contributed by atoms with E-state index in [0.717, 1.165) is 17.5 Å². The van der Waals surface area contributed by atoms with Crippen molar-refractivity contribution in [1.29, 1.82) is 0 Å². The lowest BCUT2D eigenvalue weighted by Gasteiger charge is -2.51. The minimum atomic E-state index is -0.460. The quantitative estimate of drug-likeness (QED) is 0.411. The molecule has 2 aromatic carbocycles. The number of nitrogens with one attached hydrogen (secondary N) is 2. The van der Waals surface area contributed by atoms with Crippen LogP contribution in [0.1, 0.15) is 50.8 Å². The average Bonchev–Trinajstić information content (AvgIpc) is 2.61. The molecule has 29 heavy (non-hydrogen) atoms. The monoisotopic (exact) mass is 430 g/mol. The van der Waals surface area contributed by atoms with Gasteiger partial charge in [-0.2, -0.15) is 0 Å². The van der Waals surface area contributed by atoms with Gasteiger partial charge in [0.1, 0.15) is 11.9 Å². The van der Waals surface area contributed by atoms with Crippen molar-refractivity contribution in [3.05, 3.63) is 58.6 Å². The summed E-state index contributed by atoms with van der Waals surface area (Å²) in [4.78, 5) is 11.5. The van der Waals surface area contributed by atoms with Gasteiger partial charge in [-0.05, 0) is 44.1 Å². The van der Waals surface area contributed by atoms with Crippen molar-refractivity contribution in [1.82, 2.24) is 10.6 Å². The van der Waals surface area contributed by atoms with Crippen LogP contribution in [0.15, 0.2) is 42.5 Å². The Balaban J connectivity index is 1.86. The minimum absolute atomic E-state index is 0.181. The fourth-order valence-electron chi connectivity index (χ4n) is 4.40. The van der Waals surface area contributed by atoms with Crippen LogP contribution in [0.4, 0.5) is 0 Å². The van der Waals surface area contributed by atoms with Gasteiger partial charge < -0.3 is 20.1 Å². The molecule has 5 nitrogen and oxygen atoms in total. The topological polar surface area (TPSA) is 59.6 Å². The molecule has 2 aliphatic heterocycles. The van der Waals surface area contributed by atoms with Gasteiger partial charge in [-0.25, -0.2) is 0 Å². The van der Waals surface area contributed by atoms with Gasteiger partial charge in [-0.1, -0.05) is 41.9 Å². The second-order valence-corrected chi connectivity index (χ2v) is 9.13. The van der Waals surface area contributed by atoms with E-state index in [1.807, 2.05) is 24.3 Å². The zero-order chi connectivity index (χ0) is 20.8. The molecule has 2 aromatic rings. The molecule has 2 atom stereocenters. The maximum Gasteiger partial charge on any atom is 0.308 e. The van der Waals surface area contributed by atoms with Gasteiger partial charge in [0, 0.05) is 30.5 Å². The zero-order valence-corrected chi connectivity index (χ0v) is 18.1. The molecule has 2 aliphatic rings. The number of thiocarbonyl (C=S) groups is 1. The Hall–Kier alpha value is -2.31. The maximum absolute atomic E-state index is 11.5. The second kappa shape index (κ2) is 7.18. The Kier molecular flexibility index (Phi) is 4.95. The third-order valence-corrected chi connectivity index (χ3v) is 5.83. The first-order valence-electron chi connectivity index (χ1n) is 9.52. The molecule has 0 aliphatic carbocycles. The lowest BCUT2D eigenvalue weighted by Crippen LogP contribution is -2.65. The molecule has 0 bridgehead atoms. The molecule has 2 heterocycles. The molecule has 1 spiro atoms. The summed E-state index contributed by atoms with van der Waals surface area (Å²) in [7, 11) is 0. The Labute approximate surface area is 180 Å². The number of carbonyl (C=O) groups excluding carboxylic acids is 1. The Morgan fingerprint density at radius 2 is 1.97 bits per heavy atom. The summed E-state index contributed by atoms with van der Waals surface area (Å²) in [6.07, 6.45) is 1.29. The Morgan fingerprint density at radius 1 is 1.24 bits per heavy atom. The first-order valence-corrected chi connectivity index (χ1v) is 10.3. The first-order chi connectivity index (χ1) is 13.7. The number of hydrogen-bond acceptors (Lipinski definition) is 4. The van der Waals surface area contributed by atoms with Crippen molar-refractivity contribution in [2.24, 2.45) is 0 Å². The van der Waals surface area contributed by atoms with Crippen LogP contribution < -0.4 is 20.1 Å². The molecule has 2 N–H and O–H groups in total. The number of esters is 1. The Bertz CT molecular complexity index is 980. The first kappa shape index (κ1) is 20.0. The summed E-state index contributed by atoms with van der Waals surface area (Å²) in [5, 5.41) is 7.81. The summed E-state index contributed by atoms with van der Waals surface area (Å²) in [6.45, 7) is 5.60. The van der Waals surface area contributed by atoms with Gasteiger partial charge in [0.05, 0.1) is 10.6 Å². The third kappa shape index (κ3) is 3.91. The highest BCUT2D eigenvalue weighted by atomic mass is 35.5. The highest BCUT2D eigenvalue weighted by Gasteiger charge is 2.49. The van der Waals surface area contributed by atoms with Gasteiger partial charge >= 0.3 is 5.97 Å². The molecule has 0 radical (unpaired) electrons. The van der Waals surface area contributed by atoms with Crippen molar-refractivity contribution in [3.63, 3.8) is 0 Å². The standard InChI is InChI=1S/C22H23ClN2O3S/c1-13(26)27-18-10-17-15(9-16(18)23)22(12-21(2,3)24-20(29)25-22)11-19(28-17)14-7-5-4-6-8-14/h4-10,19H,11-12H2,1-3H3,(H2,24,25,29)/t19-,22-/m1/s1. The largest absolute Gasteiger partial charge is 0.485 e. The van der Waals surface area contributed by atoms with E-state index >= 15 is 0 Å². The zero-order valence-electron chi connectivity index (χ0n) is 16.5. The smallest absolute Gasteiger partial charge is 0.308 e. The van der Waals surface area contributed by atoms with E-state index in [1.54, 1.807) is 6.07 Å². The van der Waals surface area contributed by atoms with E-state index < -0.39 is 11.5 Å². The molecule has 152 valence electrons. The van der Waals surface area contributed by atoms with E-state index in [9.17, 15) is 4.79 Å². The van der Waals surface area contributed by atoms with E-state index in [-0.39, 0.29) is 17.4 Å². The SMILES string of the molecule is CC(=O)Oc1cc2c(cc1Cl)[C@@]1(C[C@H](c3ccccc3)O2)CC(C)(C)NC(=S)N1. The normalized spacial score (nSPS) is 24.7. The summed E-state index contributed by atoms with van der Waals surface area (Å²) >= 11 is 12.0. The van der Waals surface area contributed by atoms with Crippen LogP contribution in [-0.2, 0) is 10.3 Å². The maximum atomic E-state index is 11.5. The van der Waals surface area contributed by atoms with Crippen LogP contribution in [0, 0.1) is 0 Å². The van der Waals surface area contributed by atoms with Crippen molar-refractivity contribution >= 4 is 34.9 Å². The molecule has 4 rings (SSSR count). The van der Waals surface area contributed by atoms with Crippen molar-refractivity contribution in [2.45, 2.75) is 50.8 Å². The number of benzene rings is 2. The molecular weight excluding hydrogens is 408 g/mol. The van der Waals surface area contributed by atoms with E-state index in [4.69, 9.17) is 33.3 Å². The number of halogens is 1. The molecule has 0 unspecified atom stereocenters. The fraction of sp³-hybridized carbons (Fsp3) is 0.364. The van der Waals surface area contributed by atoms with Crippen LogP contribution >= 0.6 is 23.8 Å². The molecule has 1 fully saturated rings. The van der Waals surface area contributed by atoms with Crippen molar-refractivity contribution in [3.8, 4) is 11.5 Å². The highest BCUT2D eigenvalue weighted by molar-refractivity contribution is 7.80. The number of hydrogen-bond donors (Lipinski definition) is 2. The van der Waals surface area contributed by atoms with E-state index in [0.29, 0.717) is 22.3 Å². The Morgan fingerprint density at radius 3 is 2.62 bits per heavy atom. The molecule has 7 heteroatoms. The number of carbonyl (C=O) groups is 1.